The van der Waals surface area contributed by atoms with Gasteiger partial charge in [0.15, 0.2) is 0 Å². The van der Waals surface area contributed by atoms with Gasteiger partial charge in [-0.25, -0.2) is 4.79 Å². The molecular formula is C13H21N3O4S. The van der Waals surface area contributed by atoms with Gasteiger partial charge in [-0.1, -0.05) is 0 Å². The van der Waals surface area contributed by atoms with Crippen molar-refractivity contribution in [2.75, 3.05) is 45.0 Å². The normalized spacial score (nSPS) is 10.2. The van der Waals surface area contributed by atoms with Gasteiger partial charge in [0.2, 0.25) is 0 Å². The minimum atomic E-state index is -0.564. The summed E-state index contributed by atoms with van der Waals surface area (Å²) in [5.41, 5.74) is 6.24. The number of nitrogens with two attached hydrogens (primary N) is 1. The van der Waals surface area contributed by atoms with E-state index in [1.807, 2.05) is 6.92 Å². The quantitative estimate of drug-likeness (QED) is 0.494. The Morgan fingerprint density at radius 2 is 2.10 bits per heavy atom. The second-order valence-electron chi connectivity index (χ2n) is 4.10. The van der Waals surface area contributed by atoms with E-state index in [1.54, 1.807) is 0 Å². The molecule has 1 rings (SSSR count). The summed E-state index contributed by atoms with van der Waals surface area (Å²) in [5.74, 6) is -0.892. The van der Waals surface area contributed by atoms with Crippen LogP contribution in [0, 0.1) is 0 Å². The fourth-order valence-corrected chi connectivity index (χ4v) is 2.76. The zero-order valence-electron chi connectivity index (χ0n) is 12.4. The Morgan fingerprint density at radius 1 is 1.38 bits per heavy atom. The lowest BCUT2D eigenvalue weighted by molar-refractivity contribution is 0.0603. The highest BCUT2D eigenvalue weighted by atomic mass is 32.1. The third-order valence-electron chi connectivity index (χ3n) is 2.72. The number of ether oxygens (including phenoxy) is 2. The molecule has 0 aliphatic heterocycles. The van der Waals surface area contributed by atoms with Gasteiger partial charge in [0.05, 0.1) is 12.8 Å². The Morgan fingerprint density at radius 3 is 2.67 bits per heavy atom. The molecule has 0 radical (unpaired) electrons. The van der Waals surface area contributed by atoms with Crippen LogP contribution in [0.5, 0.6) is 0 Å². The summed E-state index contributed by atoms with van der Waals surface area (Å²) in [6.45, 7) is 3.83. The highest BCUT2D eigenvalue weighted by Crippen LogP contribution is 2.36. The van der Waals surface area contributed by atoms with Crippen LogP contribution in [0.1, 0.15) is 33.4 Å². The summed E-state index contributed by atoms with van der Waals surface area (Å²) in [5, 5.41) is 6.14. The average Bonchev–Trinajstić information content (AvgIpc) is 2.82. The van der Waals surface area contributed by atoms with Gasteiger partial charge in [-0.2, -0.15) is 0 Å². The number of hydrogen-bond donors (Lipinski definition) is 3. The lowest BCUT2D eigenvalue weighted by Crippen LogP contribution is -2.18. The molecule has 1 heterocycles. The van der Waals surface area contributed by atoms with Crippen molar-refractivity contribution >= 4 is 33.9 Å². The highest BCUT2D eigenvalue weighted by Gasteiger charge is 2.25. The standard InChI is InChI=1S/C13H21N3O4S/c1-4-20-7-5-6-16-12-8(13(18)19-3)9(14)10(21-12)11(17)15-2/h16H,4-7,14H2,1-3H3,(H,15,17). The van der Waals surface area contributed by atoms with E-state index in [4.69, 9.17) is 15.2 Å². The molecule has 21 heavy (non-hydrogen) atoms. The molecule has 1 aromatic heterocycles. The number of anilines is 2. The summed E-state index contributed by atoms with van der Waals surface area (Å²) in [6.07, 6.45) is 0.779. The Kier molecular flexibility index (Phi) is 6.97. The predicted octanol–water partition coefficient (Wildman–Crippen LogP) is 1.31. The minimum Gasteiger partial charge on any atom is -0.465 e. The summed E-state index contributed by atoms with van der Waals surface area (Å²) in [6, 6.07) is 0. The van der Waals surface area contributed by atoms with Gasteiger partial charge < -0.3 is 25.8 Å². The van der Waals surface area contributed by atoms with E-state index >= 15 is 0 Å². The topological polar surface area (TPSA) is 103 Å². The fourth-order valence-electron chi connectivity index (χ4n) is 1.68. The van der Waals surface area contributed by atoms with Crippen LogP contribution in [-0.2, 0) is 9.47 Å². The Hall–Kier alpha value is -1.80. The number of esters is 1. The molecule has 1 aromatic rings. The van der Waals surface area contributed by atoms with Crippen molar-refractivity contribution in [1.29, 1.82) is 0 Å². The van der Waals surface area contributed by atoms with Crippen molar-refractivity contribution in [3.05, 3.63) is 10.4 Å². The van der Waals surface area contributed by atoms with Crippen LogP contribution in [0.25, 0.3) is 0 Å². The van der Waals surface area contributed by atoms with Crippen molar-refractivity contribution in [3.63, 3.8) is 0 Å². The molecule has 4 N–H and O–H groups in total. The monoisotopic (exact) mass is 315 g/mol. The summed E-state index contributed by atoms with van der Waals surface area (Å²) < 4.78 is 9.96. The molecule has 0 bridgehead atoms. The molecule has 0 aliphatic rings. The number of nitrogen functional groups attached to an aromatic ring is 1. The first-order valence-electron chi connectivity index (χ1n) is 6.61. The van der Waals surface area contributed by atoms with Crippen molar-refractivity contribution in [3.8, 4) is 0 Å². The van der Waals surface area contributed by atoms with Crippen molar-refractivity contribution in [2.24, 2.45) is 0 Å². The molecule has 0 aliphatic carbocycles. The number of carbonyl (C=O) groups excluding carboxylic acids is 2. The maximum Gasteiger partial charge on any atom is 0.343 e. The third-order valence-corrected chi connectivity index (χ3v) is 3.89. The summed E-state index contributed by atoms with van der Waals surface area (Å²) >= 11 is 1.14. The number of nitrogens with one attached hydrogen (secondary N) is 2. The molecular weight excluding hydrogens is 294 g/mol. The van der Waals surface area contributed by atoms with E-state index in [1.165, 1.54) is 14.2 Å². The largest absolute Gasteiger partial charge is 0.465 e. The van der Waals surface area contributed by atoms with Crippen LogP contribution >= 0.6 is 11.3 Å². The number of rotatable bonds is 8. The molecule has 118 valence electrons. The molecule has 8 heteroatoms. The van der Waals surface area contributed by atoms with Crippen molar-refractivity contribution in [1.82, 2.24) is 5.32 Å². The lowest BCUT2D eigenvalue weighted by atomic mass is 10.2. The van der Waals surface area contributed by atoms with Gasteiger partial charge in [-0.05, 0) is 13.3 Å². The number of hydrogen-bond acceptors (Lipinski definition) is 7. The fraction of sp³-hybridized carbons (Fsp3) is 0.538. The van der Waals surface area contributed by atoms with Crippen LogP contribution < -0.4 is 16.4 Å². The van der Waals surface area contributed by atoms with Crippen molar-refractivity contribution < 1.29 is 19.1 Å². The van der Waals surface area contributed by atoms with Gasteiger partial charge in [0.1, 0.15) is 15.4 Å². The molecule has 0 saturated carbocycles. The Balaban J connectivity index is 2.90. The van der Waals surface area contributed by atoms with Gasteiger partial charge >= 0.3 is 5.97 Å². The van der Waals surface area contributed by atoms with E-state index < -0.39 is 5.97 Å². The average molecular weight is 315 g/mol. The van der Waals surface area contributed by atoms with Crippen LogP contribution in [0.2, 0.25) is 0 Å². The number of thiophene rings is 1. The number of carbonyl (C=O) groups is 2. The summed E-state index contributed by atoms with van der Waals surface area (Å²) in [4.78, 5) is 23.9. The van der Waals surface area contributed by atoms with E-state index in [0.29, 0.717) is 29.6 Å². The molecule has 0 aromatic carbocycles. The Bertz CT molecular complexity index is 502. The second-order valence-corrected chi connectivity index (χ2v) is 5.12. The molecule has 0 atom stereocenters. The molecule has 7 nitrogen and oxygen atoms in total. The first-order valence-corrected chi connectivity index (χ1v) is 7.42. The van der Waals surface area contributed by atoms with Gasteiger partial charge in [-0.3, -0.25) is 4.79 Å². The van der Waals surface area contributed by atoms with Crippen LogP contribution in [0.4, 0.5) is 10.7 Å². The molecule has 0 unspecified atom stereocenters. The van der Waals surface area contributed by atoms with Crippen molar-refractivity contribution in [2.45, 2.75) is 13.3 Å². The zero-order chi connectivity index (χ0) is 15.8. The molecule has 0 fully saturated rings. The minimum absolute atomic E-state index is 0.138. The highest BCUT2D eigenvalue weighted by molar-refractivity contribution is 7.19. The zero-order valence-corrected chi connectivity index (χ0v) is 13.3. The lowest BCUT2D eigenvalue weighted by Gasteiger charge is -2.06. The number of amides is 1. The van der Waals surface area contributed by atoms with E-state index in [-0.39, 0.29) is 17.2 Å². The van der Waals surface area contributed by atoms with Gasteiger partial charge in [0.25, 0.3) is 5.91 Å². The molecule has 1 amide bonds. The SMILES string of the molecule is CCOCCCNc1sc(C(=O)NC)c(N)c1C(=O)OC. The smallest absolute Gasteiger partial charge is 0.343 e. The van der Waals surface area contributed by atoms with Gasteiger partial charge in [-0.15, -0.1) is 11.3 Å². The predicted molar refractivity (Wildman–Crippen MR) is 83.1 cm³/mol. The second kappa shape index (κ2) is 8.48. The van der Waals surface area contributed by atoms with E-state index in [9.17, 15) is 9.59 Å². The van der Waals surface area contributed by atoms with E-state index in [0.717, 1.165) is 17.8 Å². The molecule has 0 saturated heterocycles. The van der Waals surface area contributed by atoms with Gasteiger partial charge in [0, 0.05) is 26.8 Å². The Labute approximate surface area is 127 Å². The van der Waals surface area contributed by atoms with Crippen LogP contribution in [0.15, 0.2) is 0 Å². The third kappa shape index (κ3) is 4.33. The molecule has 0 spiro atoms. The maximum absolute atomic E-state index is 11.8. The van der Waals surface area contributed by atoms with Crippen LogP contribution in [-0.4, -0.2) is 45.8 Å². The summed E-state index contributed by atoms with van der Waals surface area (Å²) in [7, 11) is 2.78. The van der Waals surface area contributed by atoms with E-state index in [2.05, 4.69) is 10.6 Å². The first kappa shape index (κ1) is 17.3. The van der Waals surface area contributed by atoms with Crippen LogP contribution in [0.3, 0.4) is 0 Å². The number of methoxy groups -OCH3 is 1. The maximum atomic E-state index is 11.8. The first-order chi connectivity index (χ1) is 10.1.